The van der Waals surface area contributed by atoms with Gasteiger partial charge in [0.25, 0.3) is 0 Å². The summed E-state index contributed by atoms with van der Waals surface area (Å²) >= 11 is 0. The van der Waals surface area contributed by atoms with Crippen LogP contribution in [0.15, 0.2) is 47.5 Å². The maximum Gasteiger partial charge on any atom is 0.416 e. The Morgan fingerprint density at radius 3 is 2.17 bits per heavy atom. The molecule has 1 aliphatic rings. The number of alkyl halides is 3. The van der Waals surface area contributed by atoms with Gasteiger partial charge in [-0.25, -0.2) is 8.42 Å². The number of pyridine rings is 1. The van der Waals surface area contributed by atoms with Gasteiger partial charge in [0.15, 0.2) is 9.84 Å². The van der Waals surface area contributed by atoms with Crippen molar-refractivity contribution in [3.63, 3.8) is 0 Å². The Hall–Kier alpha value is -2.68. The highest BCUT2D eigenvalue weighted by atomic mass is 32.2. The molecule has 0 fully saturated rings. The van der Waals surface area contributed by atoms with E-state index in [0.29, 0.717) is 35.2 Å². The average molecular weight is 425 g/mol. The van der Waals surface area contributed by atoms with Gasteiger partial charge in [-0.2, -0.15) is 13.2 Å². The first-order chi connectivity index (χ1) is 13.5. The fraction of sp³-hybridized carbons (Fsp3) is 0.300. The lowest BCUT2D eigenvalue weighted by atomic mass is 9.98. The van der Waals surface area contributed by atoms with Crippen molar-refractivity contribution in [2.24, 2.45) is 5.92 Å². The Morgan fingerprint density at radius 2 is 1.69 bits per heavy atom. The second-order valence-electron chi connectivity index (χ2n) is 6.81. The molecular formula is C20H18F3NO4S. The van der Waals surface area contributed by atoms with Gasteiger partial charge >= 0.3 is 12.1 Å². The molecule has 1 aliphatic carbocycles. The van der Waals surface area contributed by atoms with Gasteiger partial charge in [-0.05, 0) is 53.8 Å². The minimum atomic E-state index is -4.44. The molecule has 0 saturated carbocycles. The molecule has 0 spiro atoms. The Bertz CT molecular complexity index is 1060. The van der Waals surface area contributed by atoms with E-state index >= 15 is 0 Å². The molecular weight excluding hydrogens is 407 g/mol. The molecule has 0 amide bonds. The molecule has 2 aromatic rings. The van der Waals surface area contributed by atoms with E-state index in [9.17, 15) is 26.4 Å². The Morgan fingerprint density at radius 1 is 1.07 bits per heavy atom. The second kappa shape index (κ2) is 7.62. The molecule has 3 rings (SSSR count). The first-order valence-corrected chi connectivity index (χ1v) is 10.5. The molecule has 1 heterocycles. The molecule has 0 saturated heterocycles. The van der Waals surface area contributed by atoms with Gasteiger partial charge in [0.05, 0.1) is 29.2 Å². The first-order valence-electron chi connectivity index (χ1n) is 8.64. The molecule has 1 aromatic carbocycles. The summed E-state index contributed by atoms with van der Waals surface area (Å²) in [5.74, 6) is -0.902. The minimum absolute atomic E-state index is 0.0560. The summed E-state index contributed by atoms with van der Waals surface area (Å²) in [6.07, 6.45) is -1.55. The monoisotopic (exact) mass is 425 g/mol. The number of carbonyl (C=O) groups is 1. The molecule has 1 atom stereocenters. The highest BCUT2D eigenvalue weighted by Gasteiger charge is 2.33. The third-order valence-corrected chi connectivity index (χ3v) is 5.93. The average Bonchev–Trinajstić information content (AvgIpc) is 3.11. The molecule has 154 valence electrons. The maximum atomic E-state index is 12.9. The fourth-order valence-corrected chi connectivity index (χ4v) is 3.89. The number of esters is 1. The van der Waals surface area contributed by atoms with E-state index < -0.39 is 33.5 Å². The quantitative estimate of drug-likeness (QED) is 0.693. The zero-order valence-corrected chi connectivity index (χ0v) is 16.5. The van der Waals surface area contributed by atoms with Crippen LogP contribution in [0.1, 0.15) is 29.7 Å². The summed E-state index contributed by atoms with van der Waals surface area (Å²) in [6, 6.07) is 7.67. The number of sulfone groups is 1. The lowest BCUT2D eigenvalue weighted by Crippen LogP contribution is -2.13. The van der Waals surface area contributed by atoms with Crippen LogP contribution < -0.4 is 0 Å². The molecule has 29 heavy (non-hydrogen) atoms. The number of aromatic nitrogens is 1. The van der Waals surface area contributed by atoms with Crippen molar-refractivity contribution in [3.05, 3.63) is 59.4 Å². The van der Waals surface area contributed by atoms with Crippen LogP contribution in [0, 0.1) is 5.92 Å². The molecule has 0 aliphatic heterocycles. The number of methoxy groups -OCH3 is 1. The molecule has 0 N–H and O–H groups in total. The molecule has 1 aromatic heterocycles. The lowest BCUT2D eigenvalue weighted by molar-refractivity contribution is -0.144. The fourth-order valence-electron chi connectivity index (χ4n) is 3.33. The van der Waals surface area contributed by atoms with E-state index in [-0.39, 0.29) is 4.90 Å². The van der Waals surface area contributed by atoms with Gasteiger partial charge in [-0.15, -0.1) is 0 Å². The number of ether oxygens (including phenoxy) is 1. The number of carbonyl (C=O) groups excluding carboxylic acids is 1. The Balaban J connectivity index is 2.04. The molecule has 9 heteroatoms. The van der Waals surface area contributed by atoms with E-state index in [2.05, 4.69) is 4.98 Å². The summed E-state index contributed by atoms with van der Waals surface area (Å²) < 4.78 is 66.7. The predicted octanol–water partition coefficient (Wildman–Crippen LogP) is 4.00. The van der Waals surface area contributed by atoms with Gasteiger partial charge in [0.1, 0.15) is 0 Å². The van der Waals surface area contributed by atoms with Crippen molar-refractivity contribution in [2.45, 2.75) is 23.9 Å². The number of benzene rings is 1. The summed E-state index contributed by atoms with van der Waals surface area (Å²) in [5, 5.41) is 0. The van der Waals surface area contributed by atoms with E-state index in [1.165, 1.54) is 37.6 Å². The number of rotatable bonds is 4. The van der Waals surface area contributed by atoms with Crippen LogP contribution >= 0.6 is 0 Å². The summed E-state index contributed by atoms with van der Waals surface area (Å²) in [6.45, 7) is 0. The van der Waals surface area contributed by atoms with Crippen molar-refractivity contribution >= 4 is 27.0 Å². The maximum absolute atomic E-state index is 12.9. The van der Waals surface area contributed by atoms with Gasteiger partial charge in [-0.1, -0.05) is 12.1 Å². The number of halogens is 3. The Kier molecular flexibility index (Phi) is 5.53. The summed E-state index contributed by atoms with van der Waals surface area (Å²) in [4.78, 5) is 16.3. The van der Waals surface area contributed by atoms with E-state index in [0.717, 1.165) is 18.4 Å². The molecule has 0 bridgehead atoms. The minimum Gasteiger partial charge on any atom is -0.469 e. The SMILES string of the molecule is COC(=O)C1CC(c2ccc(C(F)(F)F)cc2)=C(c2ccc(S(C)(=O)=O)cn2)C1. The smallest absolute Gasteiger partial charge is 0.416 e. The zero-order valence-electron chi connectivity index (χ0n) is 15.7. The summed E-state index contributed by atoms with van der Waals surface area (Å²) in [5.41, 5.74) is 1.63. The third-order valence-electron chi connectivity index (χ3n) is 4.83. The van der Waals surface area contributed by atoms with Crippen LogP contribution in [0.2, 0.25) is 0 Å². The number of nitrogens with zero attached hydrogens (tertiary/aromatic N) is 1. The van der Waals surface area contributed by atoms with E-state index in [1.54, 1.807) is 0 Å². The standard InChI is InChI=1S/C20H18F3NO4S/c1-28-19(25)13-9-16(12-3-5-14(6-4-12)20(21,22)23)17(10-13)18-8-7-15(11-24-18)29(2,26)27/h3-8,11,13H,9-10H2,1-2H3. The second-order valence-corrected chi connectivity index (χ2v) is 8.83. The largest absolute Gasteiger partial charge is 0.469 e. The van der Waals surface area contributed by atoms with Crippen LogP contribution in [0.4, 0.5) is 13.2 Å². The normalized spacial score (nSPS) is 17.5. The van der Waals surface area contributed by atoms with Crippen molar-refractivity contribution < 1.29 is 31.1 Å². The zero-order chi connectivity index (χ0) is 21.4. The Labute approximate surface area is 166 Å². The van der Waals surface area contributed by atoms with Crippen LogP contribution in [0.3, 0.4) is 0 Å². The van der Waals surface area contributed by atoms with Crippen LogP contribution in [-0.4, -0.2) is 32.7 Å². The number of hydrogen-bond acceptors (Lipinski definition) is 5. The highest BCUT2D eigenvalue weighted by Crippen LogP contribution is 2.43. The third kappa shape index (κ3) is 4.50. The molecule has 1 unspecified atom stereocenters. The van der Waals surface area contributed by atoms with E-state index in [1.807, 2.05) is 0 Å². The van der Waals surface area contributed by atoms with Crippen molar-refractivity contribution in [1.82, 2.24) is 4.98 Å². The first kappa shape index (κ1) is 21.0. The van der Waals surface area contributed by atoms with Gasteiger partial charge < -0.3 is 4.74 Å². The van der Waals surface area contributed by atoms with Gasteiger partial charge in [0.2, 0.25) is 0 Å². The van der Waals surface area contributed by atoms with Gasteiger partial charge in [-0.3, -0.25) is 9.78 Å². The van der Waals surface area contributed by atoms with Crippen LogP contribution in [0.5, 0.6) is 0 Å². The van der Waals surface area contributed by atoms with E-state index in [4.69, 9.17) is 4.74 Å². The molecule has 0 radical (unpaired) electrons. The van der Waals surface area contributed by atoms with Crippen molar-refractivity contribution in [1.29, 1.82) is 0 Å². The molecule has 5 nitrogen and oxygen atoms in total. The number of hydrogen-bond donors (Lipinski definition) is 0. The van der Waals surface area contributed by atoms with Gasteiger partial charge in [0, 0.05) is 12.5 Å². The highest BCUT2D eigenvalue weighted by molar-refractivity contribution is 7.90. The van der Waals surface area contributed by atoms with Crippen LogP contribution in [0.25, 0.3) is 11.1 Å². The lowest BCUT2D eigenvalue weighted by Gasteiger charge is -2.11. The number of allylic oxidation sites excluding steroid dienone is 2. The topological polar surface area (TPSA) is 73.3 Å². The van der Waals surface area contributed by atoms with Crippen molar-refractivity contribution in [2.75, 3.05) is 13.4 Å². The van der Waals surface area contributed by atoms with Crippen LogP contribution in [-0.2, 0) is 25.5 Å². The van der Waals surface area contributed by atoms with Crippen molar-refractivity contribution in [3.8, 4) is 0 Å². The summed E-state index contributed by atoms with van der Waals surface area (Å²) in [7, 11) is -2.14. The predicted molar refractivity (Wildman–Crippen MR) is 100 cm³/mol.